The Balaban J connectivity index is 1.82. The van der Waals surface area contributed by atoms with Crippen molar-refractivity contribution in [2.45, 2.75) is 32.6 Å². The Bertz CT molecular complexity index is 479. The number of carbonyl (C=O) groups excluding carboxylic acids is 1. The smallest absolute Gasteiger partial charge is 0.224 e. The Kier molecular flexibility index (Phi) is 5.12. The molecule has 1 aliphatic heterocycles. The quantitative estimate of drug-likeness (QED) is 0.909. The first-order chi connectivity index (χ1) is 9.97. The SMILES string of the molecule is CC(C)(C)c1nccc(NCCC(=O)N2CCOCC2)n1. The van der Waals surface area contributed by atoms with Gasteiger partial charge in [0.05, 0.1) is 13.2 Å². The Morgan fingerprint density at radius 1 is 1.38 bits per heavy atom. The third kappa shape index (κ3) is 4.67. The van der Waals surface area contributed by atoms with Gasteiger partial charge in [0.25, 0.3) is 0 Å². The maximum Gasteiger partial charge on any atom is 0.224 e. The van der Waals surface area contributed by atoms with Gasteiger partial charge in [0.2, 0.25) is 5.91 Å². The molecular weight excluding hydrogens is 268 g/mol. The Morgan fingerprint density at radius 3 is 2.76 bits per heavy atom. The van der Waals surface area contributed by atoms with Crippen LogP contribution in [0.25, 0.3) is 0 Å². The van der Waals surface area contributed by atoms with Gasteiger partial charge in [-0.05, 0) is 6.07 Å². The van der Waals surface area contributed by atoms with Gasteiger partial charge in [-0.3, -0.25) is 4.79 Å². The highest BCUT2D eigenvalue weighted by Gasteiger charge is 2.18. The molecule has 2 rings (SSSR count). The normalized spacial score (nSPS) is 15.9. The highest BCUT2D eigenvalue weighted by Crippen LogP contribution is 2.18. The monoisotopic (exact) mass is 292 g/mol. The standard InChI is InChI=1S/C15H24N4O2/c1-15(2,3)14-17-6-4-12(18-14)16-7-5-13(20)19-8-10-21-11-9-19/h4,6H,5,7-11H2,1-3H3,(H,16,17,18). The number of ether oxygens (including phenoxy) is 1. The number of anilines is 1. The molecule has 1 amide bonds. The van der Waals surface area contributed by atoms with E-state index in [1.54, 1.807) is 6.20 Å². The van der Waals surface area contributed by atoms with Crippen LogP contribution in [0.4, 0.5) is 5.82 Å². The van der Waals surface area contributed by atoms with E-state index in [1.165, 1.54) is 0 Å². The van der Waals surface area contributed by atoms with Crippen LogP contribution < -0.4 is 5.32 Å². The van der Waals surface area contributed by atoms with Crippen molar-refractivity contribution < 1.29 is 9.53 Å². The summed E-state index contributed by atoms with van der Waals surface area (Å²) in [6, 6.07) is 1.83. The van der Waals surface area contributed by atoms with Crippen LogP contribution in [0.15, 0.2) is 12.3 Å². The lowest BCUT2D eigenvalue weighted by Gasteiger charge is -2.26. The van der Waals surface area contributed by atoms with E-state index < -0.39 is 0 Å². The Hall–Kier alpha value is -1.69. The van der Waals surface area contributed by atoms with Crippen LogP contribution in [-0.2, 0) is 14.9 Å². The molecule has 6 heteroatoms. The molecule has 0 atom stereocenters. The molecule has 1 aliphatic rings. The molecule has 0 spiro atoms. The second-order valence-corrected chi connectivity index (χ2v) is 6.19. The van der Waals surface area contributed by atoms with E-state index >= 15 is 0 Å². The molecule has 116 valence electrons. The lowest BCUT2D eigenvalue weighted by molar-refractivity contribution is -0.134. The van der Waals surface area contributed by atoms with Crippen LogP contribution in [0, 0.1) is 0 Å². The fourth-order valence-electron chi connectivity index (χ4n) is 2.09. The highest BCUT2D eigenvalue weighted by atomic mass is 16.5. The van der Waals surface area contributed by atoms with Crippen LogP contribution in [0.3, 0.4) is 0 Å². The van der Waals surface area contributed by atoms with Gasteiger partial charge >= 0.3 is 0 Å². The number of aromatic nitrogens is 2. The van der Waals surface area contributed by atoms with Crippen molar-refractivity contribution in [1.29, 1.82) is 0 Å². The molecule has 0 aliphatic carbocycles. The fourth-order valence-corrected chi connectivity index (χ4v) is 2.09. The average molecular weight is 292 g/mol. The molecule has 0 radical (unpaired) electrons. The molecular formula is C15H24N4O2. The summed E-state index contributed by atoms with van der Waals surface area (Å²) in [6.45, 7) is 9.48. The molecule has 1 saturated heterocycles. The lowest BCUT2D eigenvalue weighted by atomic mass is 9.96. The minimum Gasteiger partial charge on any atom is -0.378 e. The van der Waals surface area contributed by atoms with Gasteiger partial charge in [0.1, 0.15) is 11.6 Å². The van der Waals surface area contributed by atoms with Crippen LogP contribution in [0.2, 0.25) is 0 Å². The molecule has 0 unspecified atom stereocenters. The van der Waals surface area contributed by atoms with Gasteiger partial charge in [-0.15, -0.1) is 0 Å². The first kappa shape index (κ1) is 15.7. The zero-order valence-corrected chi connectivity index (χ0v) is 13.1. The number of rotatable bonds is 4. The molecule has 21 heavy (non-hydrogen) atoms. The molecule has 0 saturated carbocycles. The van der Waals surface area contributed by atoms with E-state index in [-0.39, 0.29) is 11.3 Å². The van der Waals surface area contributed by atoms with Gasteiger partial charge < -0.3 is 15.0 Å². The second-order valence-electron chi connectivity index (χ2n) is 6.19. The summed E-state index contributed by atoms with van der Waals surface area (Å²) >= 11 is 0. The minimum absolute atomic E-state index is 0.0820. The summed E-state index contributed by atoms with van der Waals surface area (Å²) in [7, 11) is 0. The zero-order chi connectivity index (χ0) is 15.3. The molecule has 1 fully saturated rings. The second kappa shape index (κ2) is 6.85. The molecule has 1 aromatic rings. The van der Waals surface area contributed by atoms with Gasteiger partial charge in [-0.25, -0.2) is 9.97 Å². The Morgan fingerprint density at radius 2 is 2.10 bits per heavy atom. The van der Waals surface area contributed by atoms with Crippen LogP contribution in [0.1, 0.15) is 33.0 Å². The Labute approximate surface area is 125 Å². The van der Waals surface area contributed by atoms with Crippen molar-refractivity contribution in [3.05, 3.63) is 18.1 Å². The van der Waals surface area contributed by atoms with E-state index in [1.807, 2.05) is 11.0 Å². The predicted molar refractivity (Wildman–Crippen MR) is 81.2 cm³/mol. The predicted octanol–water partition coefficient (Wildman–Crippen LogP) is 1.43. The fraction of sp³-hybridized carbons (Fsp3) is 0.667. The van der Waals surface area contributed by atoms with E-state index in [0.29, 0.717) is 39.3 Å². The van der Waals surface area contributed by atoms with Crippen molar-refractivity contribution in [3.63, 3.8) is 0 Å². The van der Waals surface area contributed by atoms with Crippen LogP contribution in [-0.4, -0.2) is 53.6 Å². The van der Waals surface area contributed by atoms with Crippen molar-refractivity contribution in [3.8, 4) is 0 Å². The molecule has 1 N–H and O–H groups in total. The summed E-state index contributed by atoms with van der Waals surface area (Å²) < 4.78 is 5.24. The summed E-state index contributed by atoms with van der Waals surface area (Å²) in [5.41, 5.74) is -0.0820. The minimum atomic E-state index is -0.0820. The van der Waals surface area contributed by atoms with Crippen LogP contribution in [0.5, 0.6) is 0 Å². The number of nitrogens with one attached hydrogen (secondary N) is 1. The topological polar surface area (TPSA) is 67.4 Å². The van der Waals surface area contributed by atoms with Gasteiger partial charge in [0.15, 0.2) is 0 Å². The molecule has 2 heterocycles. The summed E-state index contributed by atoms with van der Waals surface area (Å²) in [4.78, 5) is 22.6. The van der Waals surface area contributed by atoms with Crippen molar-refractivity contribution in [2.75, 3.05) is 38.2 Å². The zero-order valence-electron chi connectivity index (χ0n) is 13.1. The number of nitrogens with zero attached hydrogens (tertiary/aromatic N) is 3. The first-order valence-electron chi connectivity index (χ1n) is 7.40. The summed E-state index contributed by atoms with van der Waals surface area (Å²) in [5, 5.41) is 3.20. The van der Waals surface area contributed by atoms with Crippen molar-refractivity contribution >= 4 is 11.7 Å². The van der Waals surface area contributed by atoms with Gasteiger partial charge in [0, 0.05) is 37.7 Å². The largest absolute Gasteiger partial charge is 0.378 e. The number of hydrogen-bond donors (Lipinski definition) is 1. The molecule has 6 nitrogen and oxygen atoms in total. The molecule has 0 bridgehead atoms. The highest BCUT2D eigenvalue weighted by molar-refractivity contribution is 5.76. The number of hydrogen-bond acceptors (Lipinski definition) is 5. The third-order valence-corrected chi connectivity index (χ3v) is 3.34. The van der Waals surface area contributed by atoms with E-state index in [0.717, 1.165) is 11.6 Å². The summed E-state index contributed by atoms with van der Waals surface area (Å²) in [6.07, 6.45) is 2.22. The molecule has 0 aromatic carbocycles. The van der Waals surface area contributed by atoms with Crippen molar-refractivity contribution in [1.82, 2.24) is 14.9 Å². The van der Waals surface area contributed by atoms with Crippen molar-refractivity contribution in [2.24, 2.45) is 0 Å². The average Bonchev–Trinajstić information content (AvgIpc) is 2.47. The third-order valence-electron chi connectivity index (χ3n) is 3.34. The van der Waals surface area contributed by atoms with Gasteiger partial charge in [-0.2, -0.15) is 0 Å². The lowest BCUT2D eigenvalue weighted by Crippen LogP contribution is -2.41. The number of amides is 1. The number of carbonyl (C=O) groups is 1. The van der Waals surface area contributed by atoms with Gasteiger partial charge in [-0.1, -0.05) is 20.8 Å². The maximum atomic E-state index is 12.0. The van der Waals surface area contributed by atoms with E-state index in [2.05, 4.69) is 36.1 Å². The number of morpholine rings is 1. The molecule has 1 aromatic heterocycles. The summed E-state index contributed by atoms with van der Waals surface area (Å²) in [5.74, 6) is 1.73. The first-order valence-corrected chi connectivity index (χ1v) is 7.40. The maximum absolute atomic E-state index is 12.0. The van der Waals surface area contributed by atoms with E-state index in [4.69, 9.17) is 4.74 Å². The van der Waals surface area contributed by atoms with Crippen LogP contribution >= 0.6 is 0 Å². The van der Waals surface area contributed by atoms with E-state index in [9.17, 15) is 4.79 Å².